The van der Waals surface area contributed by atoms with E-state index in [9.17, 15) is 9.59 Å². The first-order chi connectivity index (χ1) is 16.4. The van der Waals surface area contributed by atoms with Gasteiger partial charge in [-0.3, -0.25) is 9.59 Å². The van der Waals surface area contributed by atoms with Gasteiger partial charge in [-0.05, 0) is 37.6 Å². The molecule has 2 aliphatic heterocycles. The fourth-order valence-corrected chi connectivity index (χ4v) is 5.87. The number of aliphatic hydroxyl groups excluding tert-OH is 1. The summed E-state index contributed by atoms with van der Waals surface area (Å²) in [6, 6.07) is 3.65. The molecule has 8 nitrogen and oxygen atoms in total. The van der Waals surface area contributed by atoms with Gasteiger partial charge < -0.3 is 30.0 Å². The van der Waals surface area contributed by atoms with Crippen molar-refractivity contribution < 1.29 is 28.9 Å². The van der Waals surface area contributed by atoms with Gasteiger partial charge in [0.1, 0.15) is 24.2 Å². The number of allylic oxidation sites excluding steroid dienone is 3. The maximum absolute atomic E-state index is 13.2. The number of ether oxygens (including phenoxy) is 3. The number of amides is 2. The van der Waals surface area contributed by atoms with E-state index >= 15 is 0 Å². The highest BCUT2D eigenvalue weighted by Crippen LogP contribution is 2.53. The molecule has 1 saturated carbocycles. The number of fused-ring (bicyclic) bond motifs is 2. The van der Waals surface area contributed by atoms with E-state index in [0.717, 1.165) is 12.0 Å². The molecule has 1 unspecified atom stereocenters. The maximum atomic E-state index is 13.2. The Morgan fingerprint density at radius 3 is 2.71 bits per heavy atom. The number of rotatable bonds is 7. The molecule has 8 heteroatoms. The van der Waals surface area contributed by atoms with Crippen LogP contribution in [0.15, 0.2) is 36.1 Å². The lowest BCUT2D eigenvalue weighted by molar-refractivity contribution is 0.0928. The molecule has 1 aromatic rings. The van der Waals surface area contributed by atoms with E-state index in [-0.39, 0.29) is 48.5 Å². The van der Waals surface area contributed by atoms with E-state index < -0.39 is 0 Å². The third kappa shape index (κ3) is 3.88. The van der Waals surface area contributed by atoms with E-state index in [4.69, 9.17) is 19.3 Å². The Morgan fingerprint density at radius 1 is 1.24 bits per heavy atom. The van der Waals surface area contributed by atoms with Gasteiger partial charge in [0.2, 0.25) is 0 Å². The minimum Gasteiger partial charge on any atom is -0.492 e. The molecule has 0 radical (unpaired) electrons. The molecule has 6 atom stereocenters. The van der Waals surface area contributed by atoms with Crippen LogP contribution in [0.5, 0.6) is 5.75 Å². The topological polar surface area (TPSA) is 106 Å². The van der Waals surface area contributed by atoms with Gasteiger partial charge in [0, 0.05) is 47.4 Å². The first kappa shape index (κ1) is 22.9. The van der Waals surface area contributed by atoms with Crippen LogP contribution in [-0.4, -0.2) is 62.5 Å². The molecular formula is C26H32N2O6. The van der Waals surface area contributed by atoms with Crippen LogP contribution in [0.25, 0.3) is 0 Å². The fourth-order valence-electron chi connectivity index (χ4n) is 5.87. The molecular weight excluding hydrogens is 436 g/mol. The number of benzene rings is 1. The quantitative estimate of drug-likeness (QED) is 0.566. The number of nitrogens with one attached hydrogen (secondary N) is 2. The number of carbonyl (C=O) groups is 2. The van der Waals surface area contributed by atoms with Crippen molar-refractivity contribution in [3.63, 3.8) is 0 Å². The first-order valence-electron chi connectivity index (χ1n) is 11.9. The van der Waals surface area contributed by atoms with Gasteiger partial charge in [0.25, 0.3) is 11.8 Å². The van der Waals surface area contributed by atoms with Crippen molar-refractivity contribution in [1.29, 1.82) is 0 Å². The molecule has 0 spiro atoms. The average molecular weight is 469 g/mol. The molecule has 1 aromatic carbocycles. The Morgan fingerprint density at radius 2 is 2.00 bits per heavy atom. The van der Waals surface area contributed by atoms with Crippen molar-refractivity contribution >= 4 is 11.8 Å². The van der Waals surface area contributed by atoms with Crippen LogP contribution >= 0.6 is 0 Å². The minimum absolute atomic E-state index is 0.0591. The van der Waals surface area contributed by atoms with Crippen LogP contribution in [0.4, 0.5) is 0 Å². The SMILES string of the molecule is CNC(=O)c1cc(C(=O)N[C@H]2[C@@H]3COC[C@@H]32)cc2c1O[C@@H](C)[C@@H]2C1(C)C=C(OCCO)C=CC1. The van der Waals surface area contributed by atoms with E-state index in [1.807, 2.05) is 19.1 Å². The second-order valence-corrected chi connectivity index (χ2v) is 9.92. The highest BCUT2D eigenvalue weighted by molar-refractivity contribution is 6.02. The number of aliphatic hydroxyl groups is 1. The zero-order valence-electron chi connectivity index (χ0n) is 19.8. The highest BCUT2D eigenvalue weighted by atomic mass is 16.5. The molecule has 1 saturated heterocycles. The largest absolute Gasteiger partial charge is 0.492 e. The molecule has 2 heterocycles. The van der Waals surface area contributed by atoms with Crippen LogP contribution in [0, 0.1) is 17.3 Å². The van der Waals surface area contributed by atoms with Crippen LogP contribution in [-0.2, 0) is 9.47 Å². The lowest BCUT2D eigenvalue weighted by atomic mass is 9.67. The monoisotopic (exact) mass is 468 g/mol. The molecule has 2 amide bonds. The second-order valence-electron chi connectivity index (χ2n) is 9.92. The Balaban J connectivity index is 1.50. The molecule has 5 rings (SSSR count). The summed E-state index contributed by atoms with van der Waals surface area (Å²) in [6.45, 7) is 5.67. The van der Waals surface area contributed by atoms with Gasteiger partial charge in [-0.25, -0.2) is 0 Å². The average Bonchev–Trinajstić information content (AvgIpc) is 3.15. The summed E-state index contributed by atoms with van der Waals surface area (Å²) >= 11 is 0. The molecule has 4 aliphatic rings. The van der Waals surface area contributed by atoms with Crippen molar-refractivity contribution in [1.82, 2.24) is 10.6 Å². The predicted octanol–water partition coefficient (Wildman–Crippen LogP) is 2.14. The van der Waals surface area contributed by atoms with Gasteiger partial charge in [-0.15, -0.1) is 0 Å². The van der Waals surface area contributed by atoms with Crippen molar-refractivity contribution in [2.24, 2.45) is 17.3 Å². The van der Waals surface area contributed by atoms with Crippen molar-refractivity contribution in [3.05, 3.63) is 52.8 Å². The Hall–Kier alpha value is -2.84. The summed E-state index contributed by atoms with van der Waals surface area (Å²) in [5, 5.41) is 15.0. The van der Waals surface area contributed by atoms with Crippen LogP contribution in [0.2, 0.25) is 0 Å². The Kier molecular flexibility index (Phi) is 5.90. The molecule has 2 aliphatic carbocycles. The summed E-state index contributed by atoms with van der Waals surface area (Å²) in [4.78, 5) is 26.0. The molecule has 0 bridgehead atoms. The van der Waals surface area contributed by atoms with Gasteiger partial charge in [-0.2, -0.15) is 0 Å². The maximum Gasteiger partial charge on any atom is 0.254 e. The highest BCUT2D eigenvalue weighted by Gasteiger charge is 2.55. The zero-order chi connectivity index (χ0) is 24.0. The summed E-state index contributed by atoms with van der Waals surface area (Å²) in [6.07, 6.45) is 6.59. The Bertz CT molecular complexity index is 1060. The number of hydrogen-bond acceptors (Lipinski definition) is 6. The molecule has 0 aromatic heterocycles. The predicted molar refractivity (Wildman–Crippen MR) is 125 cm³/mol. The third-order valence-electron chi connectivity index (χ3n) is 7.59. The van der Waals surface area contributed by atoms with E-state index in [0.29, 0.717) is 47.7 Å². The second kappa shape index (κ2) is 8.74. The third-order valence-corrected chi connectivity index (χ3v) is 7.59. The fraction of sp³-hybridized carbons (Fsp3) is 0.538. The standard InChI is InChI=1S/C26H32N2O6/c1-14-21(26(2)6-4-5-16(11-26)33-8-7-29)17-9-15(10-18(23(17)34-14)25(31)27-3)24(30)28-22-19-12-32-13-20(19)22/h4-5,9-11,14,19-22,29H,6-8,12-13H2,1-3H3,(H,27,31)(H,28,30)/t14-,19-,20+,21-,22+,26?/m0/s1. The zero-order valence-corrected chi connectivity index (χ0v) is 19.8. The normalized spacial score (nSPS) is 32.8. The van der Waals surface area contributed by atoms with Gasteiger partial charge in [0.05, 0.1) is 25.4 Å². The summed E-state index contributed by atoms with van der Waals surface area (Å²) in [5.41, 5.74) is 1.33. The van der Waals surface area contributed by atoms with Crippen molar-refractivity contribution in [2.45, 2.75) is 38.3 Å². The first-order valence-corrected chi connectivity index (χ1v) is 11.9. The summed E-state index contributed by atoms with van der Waals surface area (Å²) in [5.74, 6) is 1.46. The number of hydrogen-bond donors (Lipinski definition) is 3. The number of carbonyl (C=O) groups excluding carboxylic acids is 2. The Labute approximate surface area is 199 Å². The van der Waals surface area contributed by atoms with Crippen molar-refractivity contribution in [3.8, 4) is 5.75 Å². The molecule has 182 valence electrons. The van der Waals surface area contributed by atoms with E-state index in [2.05, 4.69) is 29.7 Å². The van der Waals surface area contributed by atoms with Crippen LogP contribution < -0.4 is 15.4 Å². The van der Waals surface area contributed by atoms with Gasteiger partial charge >= 0.3 is 0 Å². The van der Waals surface area contributed by atoms with Crippen molar-refractivity contribution in [2.75, 3.05) is 33.5 Å². The molecule has 3 N–H and O–H groups in total. The van der Waals surface area contributed by atoms with Crippen LogP contribution in [0.1, 0.15) is 52.5 Å². The lowest BCUT2D eigenvalue weighted by Crippen LogP contribution is -2.32. The minimum atomic E-state index is -0.357. The molecule has 34 heavy (non-hydrogen) atoms. The summed E-state index contributed by atoms with van der Waals surface area (Å²) in [7, 11) is 1.57. The molecule has 2 fully saturated rings. The van der Waals surface area contributed by atoms with E-state index in [1.54, 1.807) is 13.1 Å². The van der Waals surface area contributed by atoms with Crippen LogP contribution in [0.3, 0.4) is 0 Å². The van der Waals surface area contributed by atoms with Gasteiger partial charge in [0.15, 0.2) is 0 Å². The lowest BCUT2D eigenvalue weighted by Gasteiger charge is -2.36. The smallest absolute Gasteiger partial charge is 0.254 e. The summed E-state index contributed by atoms with van der Waals surface area (Å²) < 4.78 is 17.4. The van der Waals surface area contributed by atoms with Gasteiger partial charge in [-0.1, -0.05) is 13.0 Å². The van der Waals surface area contributed by atoms with E-state index in [1.165, 1.54) is 0 Å².